The quantitative estimate of drug-likeness (QED) is 0.450. The Labute approximate surface area is 48.5 Å². The molecule has 0 saturated heterocycles. The summed E-state index contributed by atoms with van der Waals surface area (Å²) >= 11 is 0. The van der Waals surface area contributed by atoms with Gasteiger partial charge in [-0.25, -0.2) is 0 Å². The van der Waals surface area contributed by atoms with Gasteiger partial charge >= 0.3 is 0 Å². The van der Waals surface area contributed by atoms with Crippen LogP contribution in [0.4, 0.5) is 0 Å². The van der Waals surface area contributed by atoms with Gasteiger partial charge in [0, 0.05) is 30.8 Å². The molecule has 1 rings (SSSR count). The molecule has 1 aliphatic heterocycles. The van der Waals surface area contributed by atoms with Crippen molar-refractivity contribution in [2.75, 3.05) is 0 Å². The first-order valence-electron chi connectivity index (χ1n) is 2.27. The average molecular weight is 106 g/mol. The summed E-state index contributed by atoms with van der Waals surface area (Å²) in [6.45, 7) is 0. The van der Waals surface area contributed by atoms with E-state index in [2.05, 4.69) is 11.4 Å². The van der Waals surface area contributed by atoms with Crippen LogP contribution in [0.3, 0.4) is 0 Å². The second kappa shape index (κ2) is 2.08. The maximum Gasteiger partial charge on any atom is 0.0337 e. The van der Waals surface area contributed by atoms with Crippen LogP contribution in [0.2, 0.25) is 0 Å². The van der Waals surface area contributed by atoms with Gasteiger partial charge in [0.05, 0.1) is 0 Å². The second-order valence-electron chi connectivity index (χ2n) is 1.33. The highest BCUT2D eigenvalue weighted by molar-refractivity contribution is 5.06. The minimum absolute atomic E-state index is 1.62. The van der Waals surface area contributed by atoms with Crippen LogP contribution in [0.15, 0.2) is 24.8 Å². The van der Waals surface area contributed by atoms with Gasteiger partial charge in [0.2, 0.25) is 0 Å². The number of terminal acetylenes is 1. The van der Waals surface area contributed by atoms with E-state index in [1.165, 1.54) is 0 Å². The van der Waals surface area contributed by atoms with Crippen molar-refractivity contribution in [3.05, 3.63) is 24.8 Å². The molecule has 2 nitrogen and oxygen atoms in total. The third-order valence-corrected chi connectivity index (χ3v) is 0.812. The summed E-state index contributed by atoms with van der Waals surface area (Å²) in [5.41, 5.74) is 0. The van der Waals surface area contributed by atoms with Gasteiger partial charge in [-0.3, -0.25) is 4.90 Å². The molecule has 8 heavy (non-hydrogen) atoms. The number of rotatable bonds is 0. The van der Waals surface area contributed by atoms with Gasteiger partial charge in [0.1, 0.15) is 0 Å². The molecule has 0 unspecified atom stereocenters. The molecule has 0 bridgehead atoms. The van der Waals surface area contributed by atoms with E-state index in [1.54, 1.807) is 29.7 Å². The molecule has 0 aromatic carbocycles. The molecule has 0 fully saturated rings. The molecule has 40 valence electrons. The molecule has 0 aliphatic carbocycles. The summed E-state index contributed by atoms with van der Waals surface area (Å²) in [6, 6.07) is 2.42. The highest BCUT2D eigenvalue weighted by Gasteiger charge is 1.86. The molecule has 0 atom stereocenters. The summed E-state index contributed by atoms with van der Waals surface area (Å²) in [4.78, 5) is 1.62. The van der Waals surface area contributed by atoms with Gasteiger partial charge in [-0.1, -0.05) is 6.42 Å². The maximum atomic E-state index is 5.05. The van der Waals surface area contributed by atoms with Gasteiger partial charge < -0.3 is 5.32 Å². The van der Waals surface area contributed by atoms with Crippen molar-refractivity contribution >= 4 is 0 Å². The van der Waals surface area contributed by atoms with Crippen LogP contribution in [-0.2, 0) is 0 Å². The zero-order chi connectivity index (χ0) is 5.82. The lowest BCUT2D eigenvalue weighted by atomic mass is 10.6. The molecule has 0 spiro atoms. The molecule has 0 aromatic rings. The van der Waals surface area contributed by atoms with Crippen molar-refractivity contribution in [2.45, 2.75) is 0 Å². The number of nitrogens with zero attached hydrogens (tertiary/aromatic N) is 1. The molecule has 0 saturated carbocycles. The van der Waals surface area contributed by atoms with Crippen molar-refractivity contribution in [3.8, 4) is 12.5 Å². The zero-order valence-corrected chi connectivity index (χ0v) is 4.33. The fourth-order valence-corrected chi connectivity index (χ4v) is 0.438. The molecular weight excluding hydrogens is 100 g/mol. The molecule has 0 radical (unpaired) electrons. The van der Waals surface area contributed by atoms with Crippen LogP contribution < -0.4 is 5.32 Å². The third kappa shape index (κ3) is 0.824. The molecular formula is C6H6N2. The number of nitrogens with one attached hydrogen (secondary N) is 1. The third-order valence-electron chi connectivity index (χ3n) is 0.812. The van der Waals surface area contributed by atoms with E-state index in [9.17, 15) is 0 Å². The fourth-order valence-electron chi connectivity index (χ4n) is 0.438. The van der Waals surface area contributed by atoms with Crippen LogP contribution in [0.5, 0.6) is 0 Å². The maximum absolute atomic E-state index is 5.05. The van der Waals surface area contributed by atoms with E-state index in [4.69, 9.17) is 6.42 Å². The molecule has 0 aromatic heterocycles. The largest absolute Gasteiger partial charge is 0.365 e. The lowest BCUT2D eigenvalue weighted by Gasteiger charge is -2.08. The van der Waals surface area contributed by atoms with Crippen molar-refractivity contribution in [1.29, 1.82) is 0 Å². The van der Waals surface area contributed by atoms with Gasteiger partial charge in [0.15, 0.2) is 0 Å². The Hall–Kier alpha value is -1.36. The highest BCUT2D eigenvalue weighted by atomic mass is 15.1. The van der Waals surface area contributed by atoms with E-state index in [0.29, 0.717) is 0 Å². The normalized spacial score (nSPS) is 15.1. The van der Waals surface area contributed by atoms with Gasteiger partial charge in [0.25, 0.3) is 0 Å². The van der Waals surface area contributed by atoms with Crippen LogP contribution in [0.25, 0.3) is 0 Å². The Balaban J connectivity index is 2.58. The van der Waals surface area contributed by atoms with Crippen molar-refractivity contribution in [3.63, 3.8) is 0 Å². The van der Waals surface area contributed by atoms with Crippen molar-refractivity contribution in [1.82, 2.24) is 10.2 Å². The predicted octanol–water partition coefficient (Wildman–Crippen LogP) is 0.425. The van der Waals surface area contributed by atoms with Crippen molar-refractivity contribution < 1.29 is 0 Å². The number of hydrogen-bond acceptors (Lipinski definition) is 2. The van der Waals surface area contributed by atoms with E-state index >= 15 is 0 Å². The average Bonchev–Trinajstić information content (AvgIpc) is 1.90. The molecule has 1 N–H and O–H groups in total. The highest BCUT2D eigenvalue weighted by Crippen LogP contribution is 1.90. The van der Waals surface area contributed by atoms with Gasteiger partial charge in [-0.2, -0.15) is 0 Å². The fraction of sp³-hybridized carbons (Fsp3) is 0. The minimum Gasteiger partial charge on any atom is -0.365 e. The Morgan fingerprint density at radius 1 is 1.38 bits per heavy atom. The smallest absolute Gasteiger partial charge is 0.0337 e. The summed E-state index contributed by atoms with van der Waals surface area (Å²) in [5.74, 6) is 0. The van der Waals surface area contributed by atoms with Crippen LogP contribution in [0, 0.1) is 12.5 Å². The monoisotopic (exact) mass is 106 g/mol. The van der Waals surface area contributed by atoms with Gasteiger partial charge in [-0.05, 0) is 0 Å². The summed E-state index contributed by atoms with van der Waals surface area (Å²) < 4.78 is 0. The molecule has 1 heterocycles. The Bertz CT molecular complexity index is 150. The van der Waals surface area contributed by atoms with E-state index in [-0.39, 0.29) is 0 Å². The van der Waals surface area contributed by atoms with Crippen LogP contribution in [-0.4, -0.2) is 4.90 Å². The summed E-state index contributed by atoms with van der Waals surface area (Å²) in [6.07, 6.45) is 12.1. The Morgan fingerprint density at radius 3 is 2.38 bits per heavy atom. The first-order chi connectivity index (χ1) is 3.93. The van der Waals surface area contributed by atoms with Crippen LogP contribution in [0.1, 0.15) is 0 Å². The first kappa shape index (κ1) is 4.79. The topological polar surface area (TPSA) is 15.3 Å². The van der Waals surface area contributed by atoms with Gasteiger partial charge in [-0.15, -0.1) is 0 Å². The standard InChI is InChI=1S/C6H6N2/c1-2-8-5-3-7-4-6-8/h1,3-7H. The zero-order valence-electron chi connectivity index (χ0n) is 4.33. The second-order valence-corrected chi connectivity index (χ2v) is 1.33. The van der Waals surface area contributed by atoms with E-state index in [1.807, 2.05) is 0 Å². The molecule has 2 heteroatoms. The predicted molar refractivity (Wildman–Crippen MR) is 32.1 cm³/mol. The molecule has 1 aliphatic rings. The van der Waals surface area contributed by atoms with Crippen molar-refractivity contribution in [2.24, 2.45) is 0 Å². The van der Waals surface area contributed by atoms with Crippen LogP contribution >= 0.6 is 0 Å². The molecule has 0 amide bonds. The number of hydrogen-bond donors (Lipinski definition) is 1. The Kier molecular flexibility index (Phi) is 1.25. The lowest BCUT2D eigenvalue weighted by molar-refractivity contribution is 0.704. The lowest BCUT2D eigenvalue weighted by Crippen LogP contribution is -2.08. The van der Waals surface area contributed by atoms with E-state index in [0.717, 1.165) is 0 Å². The Morgan fingerprint density at radius 2 is 2.00 bits per heavy atom. The first-order valence-corrected chi connectivity index (χ1v) is 2.27. The SMILES string of the molecule is C#CN1C=CNC=C1. The van der Waals surface area contributed by atoms with E-state index < -0.39 is 0 Å². The minimum atomic E-state index is 1.62. The summed E-state index contributed by atoms with van der Waals surface area (Å²) in [5, 5.41) is 2.85. The summed E-state index contributed by atoms with van der Waals surface area (Å²) in [7, 11) is 0.